The van der Waals surface area contributed by atoms with Gasteiger partial charge in [-0.05, 0) is 92.5 Å². The molecule has 0 aliphatic heterocycles. The first-order valence-electron chi connectivity index (χ1n) is 8.37. The van der Waals surface area contributed by atoms with E-state index in [1.54, 1.807) is 0 Å². The summed E-state index contributed by atoms with van der Waals surface area (Å²) in [4.78, 5) is 0. The van der Waals surface area contributed by atoms with E-state index in [4.69, 9.17) is 0 Å². The van der Waals surface area contributed by atoms with Gasteiger partial charge in [0.1, 0.15) is 0 Å². The van der Waals surface area contributed by atoms with E-state index in [0.717, 1.165) is 6.42 Å². The number of rotatable bonds is 3. The second-order valence-corrected chi connectivity index (χ2v) is 7.16. The molecule has 22 heavy (non-hydrogen) atoms. The van der Waals surface area contributed by atoms with Gasteiger partial charge in [0.15, 0.2) is 0 Å². The maximum atomic E-state index is 2.39. The van der Waals surface area contributed by atoms with Crippen LogP contribution < -0.4 is 0 Å². The van der Waals surface area contributed by atoms with Crippen LogP contribution in [0.15, 0.2) is 24.3 Å². The van der Waals surface area contributed by atoms with Crippen molar-refractivity contribution in [2.75, 3.05) is 0 Å². The van der Waals surface area contributed by atoms with Gasteiger partial charge in [-0.3, -0.25) is 0 Å². The van der Waals surface area contributed by atoms with Crippen molar-refractivity contribution in [3.8, 4) is 0 Å². The third-order valence-corrected chi connectivity index (χ3v) is 5.84. The average molecular weight is 294 g/mol. The summed E-state index contributed by atoms with van der Waals surface area (Å²) in [6, 6.07) is 9.54. The van der Waals surface area contributed by atoms with Crippen LogP contribution in [0.1, 0.15) is 64.8 Å². The summed E-state index contributed by atoms with van der Waals surface area (Å²) in [6.07, 6.45) is 1.11. The molecular formula is C22H30. The predicted octanol–water partition coefficient (Wildman–Crippen LogP) is 6.25. The van der Waals surface area contributed by atoms with Crippen molar-refractivity contribution >= 4 is 0 Å². The second kappa shape index (κ2) is 5.91. The Morgan fingerprint density at radius 1 is 0.636 bits per heavy atom. The molecule has 0 spiro atoms. The van der Waals surface area contributed by atoms with Crippen LogP contribution in [0.4, 0.5) is 0 Å². The Balaban J connectivity index is 2.68. The lowest BCUT2D eigenvalue weighted by Crippen LogP contribution is -2.23. The molecular weight excluding hydrogens is 264 g/mol. The van der Waals surface area contributed by atoms with Gasteiger partial charge in [0.2, 0.25) is 0 Å². The average Bonchev–Trinajstić information content (AvgIpc) is 2.48. The van der Waals surface area contributed by atoms with Crippen LogP contribution in [0.5, 0.6) is 0 Å². The molecule has 0 aliphatic rings. The quantitative estimate of drug-likeness (QED) is 0.627. The topological polar surface area (TPSA) is 0 Å². The van der Waals surface area contributed by atoms with Crippen molar-refractivity contribution in [1.82, 2.24) is 0 Å². The Morgan fingerprint density at radius 2 is 0.909 bits per heavy atom. The molecule has 0 atom stereocenters. The van der Waals surface area contributed by atoms with Gasteiger partial charge in [-0.25, -0.2) is 0 Å². The Hall–Kier alpha value is -1.56. The summed E-state index contributed by atoms with van der Waals surface area (Å²) in [5, 5.41) is 0. The van der Waals surface area contributed by atoms with Gasteiger partial charge in [0.05, 0.1) is 0 Å². The van der Waals surface area contributed by atoms with E-state index in [9.17, 15) is 0 Å². The fraction of sp³-hybridized carbons (Fsp3) is 0.455. The lowest BCUT2D eigenvalue weighted by atomic mass is 9.72. The third-order valence-electron chi connectivity index (χ3n) is 5.84. The maximum Gasteiger partial charge on any atom is 0.0172 e. The van der Waals surface area contributed by atoms with E-state index in [0.29, 0.717) is 0 Å². The van der Waals surface area contributed by atoms with Crippen molar-refractivity contribution in [1.29, 1.82) is 0 Å². The van der Waals surface area contributed by atoms with E-state index in [-0.39, 0.29) is 5.41 Å². The molecule has 0 radical (unpaired) electrons. The van der Waals surface area contributed by atoms with Crippen LogP contribution >= 0.6 is 0 Å². The van der Waals surface area contributed by atoms with Crippen molar-refractivity contribution in [3.63, 3.8) is 0 Å². The van der Waals surface area contributed by atoms with E-state index in [1.165, 1.54) is 44.5 Å². The fourth-order valence-electron chi connectivity index (χ4n) is 3.28. The second-order valence-electron chi connectivity index (χ2n) is 7.16. The maximum absolute atomic E-state index is 2.39. The highest BCUT2D eigenvalue weighted by atomic mass is 14.3. The van der Waals surface area contributed by atoms with Crippen LogP contribution in [0, 0.1) is 41.5 Å². The highest BCUT2D eigenvalue weighted by Gasteiger charge is 2.28. The van der Waals surface area contributed by atoms with E-state index < -0.39 is 0 Å². The van der Waals surface area contributed by atoms with Crippen LogP contribution in [0.2, 0.25) is 0 Å². The highest BCUT2D eigenvalue weighted by molar-refractivity contribution is 5.48. The first-order chi connectivity index (χ1) is 10.2. The molecule has 2 aromatic carbocycles. The SMILES string of the molecule is CCC(C)(c1cc(C)c(C)c(C)c1)c1cc(C)c(C)c(C)c1. The van der Waals surface area contributed by atoms with Crippen molar-refractivity contribution in [2.45, 2.75) is 67.2 Å². The van der Waals surface area contributed by atoms with Gasteiger partial charge in [-0.15, -0.1) is 0 Å². The molecule has 0 unspecified atom stereocenters. The number of benzene rings is 2. The van der Waals surface area contributed by atoms with Gasteiger partial charge < -0.3 is 0 Å². The van der Waals surface area contributed by atoms with Gasteiger partial charge in [-0.2, -0.15) is 0 Å². The number of aryl methyl sites for hydroxylation is 4. The predicted molar refractivity (Wildman–Crippen MR) is 98.1 cm³/mol. The van der Waals surface area contributed by atoms with Crippen molar-refractivity contribution in [2.24, 2.45) is 0 Å². The molecule has 118 valence electrons. The first-order valence-corrected chi connectivity index (χ1v) is 8.37. The zero-order chi connectivity index (χ0) is 16.7. The van der Waals surface area contributed by atoms with Crippen LogP contribution in [0.25, 0.3) is 0 Å². The van der Waals surface area contributed by atoms with Crippen LogP contribution in [-0.2, 0) is 5.41 Å². The Bertz CT molecular complexity index is 600. The molecule has 0 saturated heterocycles. The molecule has 2 rings (SSSR count). The minimum atomic E-state index is 0.0758. The molecule has 0 aliphatic carbocycles. The molecule has 0 bridgehead atoms. The molecule has 0 fully saturated rings. The molecule has 0 aromatic heterocycles. The van der Waals surface area contributed by atoms with Crippen LogP contribution in [-0.4, -0.2) is 0 Å². The van der Waals surface area contributed by atoms with Crippen molar-refractivity contribution in [3.05, 3.63) is 68.8 Å². The molecule has 0 saturated carbocycles. The van der Waals surface area contributed by atoms with Gasteiger partial charge >= 0.3 is 0 Å². The summed E-state index contributed by atoms with van der Waals surface area (Å²) in [5.74, 6) is 0. The zero-order valence-corrected chi connectivity index (χ0v) is 15.5. The molecule has 0 N–H and O–H groups in total. The minimum Gasteiger partial charge on any atom is -0.0642 e. The first kappa shape index (κ1) is 16.8. The minimum absolute atomic E-state index is 0.0758. The Kier molecular flexibility index (Phi) is 4.52. The smallest absolute Gasteiger partial charge is 0.0172 e. The Labute approximate surface area is 136 Å². The monoisotopic (exact) mass is 294 g/mol. The normalized spacial score (nSPS) is 11.8. The molecule has 0 amide bonds. The highest BCUT2D eigenvalue weighted by Crippen LogP contribution is 2.38. The van der Waals surface area contributed by atoms with E-state index in [1.807, 2.05) is 0 Å². The molecule has 0 heterocycles. The molecule has 2 aromatic rings. The van der Waals surface area contributed by atoms with Crippen molar-refractivity contribution < 1.29 is 0 Å². The van der Waals surface area contributed by atoms with E-state index in [2.05, 4.69) is 79.7 Å². The summed E-state index contributed by atoms with van der Waals surface area (Å²) >= 11 is 0. The number of hydrogen-bond donors (Lipinski definition) is 0. The number of hydrogen-bond acceptors (Lipinski definition) is 0. The summed E-state index contributed by atoms with van der Waals surface area (Å²) in [5.41, 5.74) is 11.4. The zero-order valence-electron chi connectivity index (χ0n) is 15.5. The standard InChI is InChI=1S/C22H30/c1-9-22(8,20-10-14(2)18(6)15(3)11-20)21-12-16(4)19(7)17(5)13-21/h10-13H,9H2,1-8H3. The summed E-state index contributed by atoms with van der Waals surface area (Å²) < 4.78 is 0. The third kappa shape index (κ3) is 2.72. The van der Waals surface area contributed by atoms with Gasteiger partial charge in [0.25, 0.3) is 0 Å². The lowest BCUT2D eigenvalue weighted by molar-refractivity contribution is 0.548. The van der Waals surface area contributed by atoms with Gasteiger partial charge in [0, 0.05) is 5.41 Å². The van der Waals surface area contributed by atoms with Gasteiger partial charge in [-0.1, -0.05) is 38.1 Å². The van der Waals surface area contributed by atoms with Crippen LogP contribution in [0.3, 0.4) is 0 Å². The lowest BCUT2D eigenvalue weighted by Gasteiger charge is -2.32. The largest absolute Gasteiger partial charge is 0.0642 e. The summed E-state index contributed by atoms with van der Waals surface area (Å²) in [6.45, 7) is 18.0. The molecule has 0 nitrogen and oxygen atoms in total. The fourth-order valence-corrected chi connectivity index (χ4v) is 3.28. The van der Waals surface area contributed by atoms with E-state index >= 15 is 0 Å². The molecule has 0 heteroatoms. The summed E-state index contributed by atoms with van der Waals surface area (Å²) in [7, 11) is 0. The Morgan fingerprint density at radius 3 is 1.14 bits per heavy atom.